The van der Waals surface area contributed by atoms with Gasteiger partial charge in [0.15, 0.2) is 11.5 Å². The maximum absolute atomic E-state index is 12.2. The molecule has 7 nitrogen and oxygen atoms in total. The summed E-state index contributed by atoms with van der Waals surface area (Å²) in [5.74, 6) is 2.64. The Labute approximate surface area is 164 Å². The fraction of sp³-hybridized carbons (Fsp3) is 0.286. The highest BCUT2D eigenvalue weighted by Crippen LogP contribution is 2.38. The van der Waals surface area contributed by atoms with E-state index in [1.807, 2.05) is 0 Å². The standard InChI is InChI=1S/C21H25NO6/c1-24-16-7-8-17(25-2)15(12-16)6-9-20(23)22-13-14-10-18(26-3)21(28-5)19(11-14)27-4/h6-12H,13H2,1-5H3,(H,22,23)/b9-6+. The molecule has 1 amide bonds. The molecule has 0 atom stereocenters. The fourth-order valence-electron chi connectivity index (χ4n) is 2.62. The van der Waals surface area contributed by atoms with Crippen LogP contribution in [0.25, 0.3) is 6.08 Å². The first-order chi connectivity index (χ1) is 13.6. The average Bonchev–Trinajstić information content (AvgIpc) is 2.74. The van der Waals surface area contributed by atoms with Gasteiger partial charge in [0, 0.05) is 18.2 Å². The van der Waals surface area contributed by atoms with Crippen molar-refractivity contribution < 1.29 is 28.5 Å². The van der Waals surface area contributed by atoms with Crippen molar-refractivity contribution in [2.45, 2.75) is 6.54 Å². The van der Waals surface area contributed by atoms with Crippen LogP contribution >= 0.6 is 0 Å². The number of hydrogen-bond donors (Lipinski definition) is 1. The number of methoxy groups -OCH3 is 5. The Kier molecular flexibility index (Phi) is 7.56. The second-order valence-corrected chi connectivity index (χ2v) is 5.69. The van der Waals surface area contributed by atoms with E-state index in [0.29, 0.717) is 35.3 Å². The monoisotopic (exact) mass is 387 g/mol. The molecule has 2 aromatic carbocycles. The number of carbonyl (C=O) groups excluding carboxylic acids is 1. The van der Waals surface area contributed by atoms with Gasteiger partial charge in [0.05, 0.1) is 35.5 Å². The van der Waals surface area contributed by atoms with Crippen molar-refractivity contribution in [3.05, 3.63) is 47.5 Å². The molecular weight excluding hydrogens is 362 g/mol. The van der Waals surface area contributed by atoms with Crippen LogP contribution in [0.3, 0.4) is 0 Å². The second kappa shape index (κ2) is 10.1. The van der Waals surface area contributed by atoms with Crippen LogP contribution in [0.15, 0.2) is 36.4 Å². The summed E-state index contributed by atoms with van der Waals surface area (Å²) in [6, 6.07) is 8.95. The molecule has 0 aliphatic carbocycles. The molecule has 0 spiro atoms. The molecule has 7 heteroatoms. The lowest BCUT2D eigenvalue weighted by molar-refractivity contribution is -0.116. The number of hydrogen-bond acceptors (Lipinski definition) is 6. The number of rotatable bonds is 9. The molecule has 0 heterocycles. The van der Waals surface area contributed by atoms with E-state index >= 15 is 0 Å². The van der Waals surface area contributed by atoms with Crippen LogP contribution in [0, 0.1) is 0 Å². The van der Waals surface area contributed by atoms with Crippen LogP contribution in [0.5, 0.6) is 28.7 Å². The molecule has 1 N–H and O–H groups in total. The number of carbonyl (C=O) groups is 1. The summed E-state index contributed by atoms with van der Waals surface area (Å²) in [5.41, 5.74) is 1.56. The van der Waals surface area contributed by atoms with E-state index in [9.17, 15) is 4.79 Å². The third-order valence-corrected chi connectivity index (χ3v) is 4.04. The summed E-state index contributed by atoms with van der Waals surface area (Å²) in [7, 11) is 7.79. The molecule has 0 radical (unpaired) electrons. The average molecular weight is 387 g/mol. The highest BCUT2D eigenvalue weighted by Gasteiger charge is 2.13. The van der Waals surface area contributed by atoms with Crippen molar-refractivity contribution in [2.24, 2.45) is 0 Å². The molecule has 0 unspecified atom stereocenters. The normalized spacial score (nSPS) is 10.5. The van der Waals surface area contributed by atoms with Gasteiger partial charge >= 0.3 is 0 Å². The molecular formula is C21H25NO6. The van der Waals surface area contributed by atoms with Gasteiger partial charge < -0.3 is 29.0 Å². The summed E-state index contributed by atoms with van der Waals surface area (Å²) < 4.78 is 26.4. The van der Waals surface area contributed by atoms with Crippen molar-refractivity contribution >= 4 is 12.0 Å². The Balaban J connectivity index is 2.09. The van der Waals surface area contributed by atoms with Crippen molar-refractivity contribution in [3.63, 3.8) is 0 Å². The lowest BCUT2D eigenvalue weighted by Crippen LogP contribution is -2.20. The van der Waals surface area contributed by atoms with E-state index in [0.717, 1.165) is 11.1 Å². The van der Waals surface area contributed by atoms with E-state index in [4.69, 9.17) is 23.7 Å². The summed E-state index contributed by atoms with van der Waals surface area (Å²) in [4.78, 5) is 12.2. The van der Waals surface area contributed by atoms with Crippen LogP contribution in [0.4, 0.5) is 0 Å². The number of amides is 1. The molecule has 2 rings (SSSR count). The van der Waals surface area contributed by atoms with Gasteiger partial charge in [-0.2, -0.15) is 0 Å². The van der Waals surface area contributed by atoms with E-state index < -0.39 is 0 Å². The maximum atomic E-state index is 12.2. The summed E-state index contributed by atoms with van der Waals surface area (Å²) in [6.07, 6.45) is 3.11. The van der Waals surface area contributed by atoms with Crippen molar-refractivity contribution in [1.29, 1.82) is 0 Å². The van der Waals surface area contributed by atoms with Gasteiger partial charge in [-0.15, -0.1) is 0 Å². The highest BCUT2D eigenvalue weighted by molar-refractivity contribution is 5.92. The topological polar surface area (TPSA) is 75.3 Å². The SMILES string of the molecule is COc1ccc(OC)c(/C=C/C(=O)NCc2cc(OC)c(OC)c(OC)c2)c1. The second-order valence-electron chi connectivity index (χ2n) is 5.69. The van der Waals surface area contributed by atoms with Crippen LogP contribution in [-0.2, 0) is 11.3 Å². The summed E-state index contributed by atoms with van der Waals surface area (Å²) in [5, 5.41) is 2.83. The van der Waals surface area contributed by atoms with Crippen LogP contribution < -0.4 is 29.0 Å². The molecule has 0 aliphatic heterocycles. The van der Waals surface area contributed by atoms with E-state index in [1.165, 1.54) is 6.08 Å². The lowest BCUT2D eigenvalue weighted by atomic mass is 10.1. The largest absolute Gasteiger partial charge is 0.497 e. The number of ether oxygens (including phenoxy) is 5. The van der Waals surface area contributed by atoms with Gasteiger partial charge in [-0.25, -0.2) is 0 Å². The predicted octanol–water partition coefficient (Wildman–Crippen LogP) is 3.06. The molecule has 0 saturated carbocycles. The van der Waals surface area contributed by atoms with Crippen molar-refractivity contribution in [3.8, 4) is 28.7 Å². The van der Waals surface area contributed by atoms with Crippen LogP contribution in [-0.4, -0.2) is 41.5 Å². The van der Waals surface area contributed by atoms with Gasteiger partial charge in [-0.1, -0.05) is 0 Å². The molecule has 2 aromatic rings. The summed E-state index contributed by atoms with van der Waals surface area (Å²) >= 11 is 0. The smallest absolute Gasteiger partial charge is 0.244 e. The van der Waals surface area contributed by atoms with Gasteiger partial charge in [0.25, 0.3) is 0 Å². The molecule has 28 heavy (non-hydrogen) atoms. The minimum Gasteiger partial charge on any atom is -0.497 e. The highest BCUT2D eigenvalue weighted by atomic mass is 16.5. The zero-order chi connectivity index (χ0) is 20.5. The minimum atomic E-state index is -0.251. The quantitative estimate of drug-likeness (QED) is 0.667. The molecule has 150 valence electrons. The first kappa shape index (κ1) is 21.0. The van der Waals surface area contributed by atoms with E-state index in [2.05, 4.69) is 5.32 Å². The predicted molar refractivity (Wildman–Crippen MR) is 107 cm³/mol. The molecule has 0 bridgehead atoms. The van der Waals surface area contributed by atoms with E-state index in [1.54, 1.807) is 72.0 Å². The third-order valence-electron chi connectivity index (χ3n) is 4.04. The van der Waals surface area contributed by atoms with Gasteiger partial charge in [-0.05, 0) is 42.0 Å². The van der Waals surface area contributed by atoms with Crippen molar-refractivity contribution in [2.75, 3.05) is 35.5 Å². The number of nitrogens with one attached hydrogen (secondary N) is 1. The zero-order valence-electron chi connectivity index (χ0n) is 16.7. The molecule has 0 saturated heterocycles. The Morgan fingerprint density at radius 1 is 0.857 bits per heavy atom. The molecule has 0 fully saturated rings. The first-order valence-corrected chi connectivity index (χ1v) is 8.53. The van der Waals surface area contributed by atoms with Gasteiger partial charge in [-0.3, -0.25) is 4.79 Å². The molecule has 0 aliphatic rings. The maximum Gasteiger partial charge on any atom is 0.244 e. The van der Waals surface area contributed by atoms with Crippen molar-refractivity contribution in [1.82, 2.24) is 5.32 Å². The molecule has 0 aromatic heterocycles. The Morgan fingerprint density at radius 3 is 2.04 bits per heavy atom. The zero-order valence-corrected chi connectivity index (χ0v) is 16.7. The van der Waals surface area contributed by atoms with E-state index in [-0.39, 0.29) is 5.91 Å². The number of benzene rings is 2. The van der Waals surface area contributed by atoms with Gasteiger partial charge in [0.1, 0.15) is 11.5 Å². The Hall–Kier alpha value is -3.35. The Bertz CT molecular complexity index is 822. The van der Waals surface area contributed by atoms with Gasteiger partial charge in [0.2, 0.25) is 11.7 Å². The first-order valence-electron chi connectivity index (χ1n) is 8.53. The lowest BCUT2D eigenvalue weighted by Gasteiger charge is -2.14. The Morgan fingerprint density at radius 2 is 1.50 bits per heavy atom. The van der Waals surface area contributed by atoms with Crippen LogP contribution in [0.1, 0.15) is 11.1 Å². The summed E-state index contributed by atoms with van der Waals surface area (Å²) in [6.45, 7) is 0.301. The fourth-order valence-corrected chi connectivity index (χ4v) is 2.62. The minimum absolute atomic E-state index is 0.251. The third kappa shape index (κ3) is 5.09. The van der Waals surface area contributed by atoms with Crippen LogP contribution in [0.2, 0.25) is 0 Å².